The third-order valence-electron chi connectivity index (χ3n) is 3.63. The van der Waals surface area contributed by atoms with Crippen LogP contribution in [-0.4, -0.2) is 26.2 Å². The molecule has 4 nitrogen and oxygen atoms in total. The molecule has 2 rings (SSSR count). The molecule has 1 aromatic rings. The van der Waals surface area contributed by atoms with Gasteiger partial charge >= 0.3 is 0 Å². The standard InChI is InChI=1S/C16H21NO3S/c1-13-8-9-15(11-13)17-21(19,20)16-7-4-6-14(12-16)5-2-3-10-18/h4,6-7,12-13,15,17-18H,3,8-11H2,1H3. The Morgan fingerprint density at radius 1 is 1.38 bits per heavy atom. The molecule has 0 heterocycles. The molecular formula is C16H21NO3S. The van der Waals surface area contributed by atoms with Gasteiger partial charge in [0.25, 0.3) is 0 Å². The minimum Gasteiger partial charge on any atom is -0.395 e. The molecule has 114 valence electrons. The van der Waals surface area contributed by atoms with Gasteiger partial charge < -0.3 is 5.11 Å². The Kier molecular flexibility index (Phi) is 5.40. The van der Waals surface area contributed by atoms with Crippen molar-refractivity contribution in [3.8, 4) is 11.8 Å². The minimum atomic E-state index is -3.49. The second-order valence-corrected chi connectivity index (χ2v) is 7.25. The molecule has 1 fully saturated rings. The molecule has 0 aliphatic heterocycles. The van der Waals surface area contributed by atoms with Crippen molar-refractivity contribution < 1.29 is 13.5 Å². The van der Waals surface area contributed by atoms with Crippen molar-refractivity contribution in [2.75, 3.05) is 6.61 Å². The molecular weight excluding hydrogens is 286 g/mol. The van der Waals surface area contributed by atoms with Crippen LogP contribution >= 0.6 is 0 Å². The van der Waals surface area contributed by atoms with Crippen molar-refractivity contribution in [1.82, 2.24) is 4.72 Å². The van der Waals surface area contributed by atoms with Crippen LogP contribution in [0, 0.1) is 17.8 Å². The number of rotatable bonds is 4. The molecule has 0 radical (unpaired) electrons. The Bertz CT molecular complexity index is 643. The predicted molar refractivity (Wildman–Crippen MR) is 82.1 cm³/mol. The average molecular weight is 307 g/mol. The van der Waals surface area contributed by atoms with Gasteiger partial charge in [-0.25, -0.2) is 13.1 Å². The van der Waals surface area contributed by atoms with Crippen LogP contribution in [0.3, 0.4) is 0 Å². The van der Waals surface area contributed by atoms with Crippen LogP contribution in [0.15, 0.2) is 29.2 Å². The molecule has 0 amide bonds. The fourth-order valence-electron chi connectivity index (χ4n) is 2.56. The van der Waals surface area contributed by atoms with Gasteiger partial charge in [0.05, 0.1) is 11.5 Å². The largest absolute Gasteiger partial charge is 0.395 e. The lowest BCUT2D eigenvalue weighted by Crippen LogP contribution is -2.32. The molecule has 1 aliphatic carbocycles. The summed E-state index contributed by atoms with van der Waals surface area (Å²) in [5.41, 5.74) is 0.645. The third kappa shape index (κ3) is 4.57. The first-order chi connectivity index (χ1) is 10.0. The second kappa shape index (κ2) is 7.08. The third-order valence-corrected chi connectivity index (χ3v) is 5.15. The van der Waals surface area contributed by atoms with Crippen molar-refractivity contribution in [2.45, 2.75) is 43.5 Å². The summed E-state index contributed by atoms with van der Waals surface area (Å²) in [6.45, 7) is 2.15. The van der Waals surface area contributed by atoms with Crippen LogP contribution in [-0.2, 0) is 10.0 Å². The molecule has 5 heteroatoms. The highest BCUT2D eigenvalue weighted by Crippen LogP contribution is 2.26. The van der Waals surface area contributed by atoms with Gasteiger partial charge in [0.15, 0.2) is 0 Å². The predicted octanol–water partition coefficient (Wildman–Crippen LogP) is 1.89. The molecule has 1 saturated carbocycles. The van der Waals surface area contributed by atoms with Crippen LogP contribution in [0.2, 0.25) is 0 Å². The smallest absolute Gasteiger partial charge is 0.240 e. The van der Waals surface area contributed by atoms with E-state index in [0.717, 1.165) is 19.3 Å². The number of benzene rings is 1. The summed E-state index contributed by atoms with van der Waals surface area (Å²) in [5, 5.41) is 8.70. The van der Waals surface area contributed by atoms with E-state index in [-0.39, 0.29) is 17.5 Å². The van der Waals surface area contributed by atoms with Crippen LogP contribution < -0.4 is 4.72 Å². The fourth-order valence-corrected chi connectivity index (χ4v) is 3.89. The Morgan fingerprint density at radius 3 is 2.86 bits per heavy atom. The van der Waals surface area contributed by atoms with Gasteiger partial charge in [-0.15, -0.1) is 0 Å². The van der Waals surface area contributed by atoms with E-state index in [1.54, 1.807) is 24.3 Å². The summed E-state index contributed by atoms with van der Waals surface area (Å²) in [6, 6.07) is 6.65. The molecule has 2 unspecified atom stereocenters. The maximum absolute atomic E-state index is 12.4. The first-order valence-corrected chi connectivity index (χ1v) is 8.71. The highest BCUT2D eigenvalue weighted by molar-refractivity contribution is 7.89. The van der Waals surface area contributed by atoms with E-state index in [4.69, 9.17) is 5.11 Å². The van der Waals surface area contributed by atoms with Gasteiger partial charge in [-0.05, 0) is 43.4 Å². The summed E-state index contributed by atoms with van der Waals surface area (Å²) in [5.74, 6) is 6.23. The van der Waals surface area contributed by atoms with E-state index in [1.807, 2.05) is 0 Å². The maximum Gasteiger partial charge on any atom is 0.240 e. The first kappa shape index (κ1) is 16.0. The van der Waals surface area contributed by atoms with Gasteiger partial charge in [0.2, 0.25) is 10.0 Å². The Hall–Kier alpha value is -1.35. The van der Waals surface area contributed by atoms with Crippen molar-refractivity contribution in [2.24, 2.45) is 5.92 Å². The molecule has 2 N–H and O–H groups in total. The van der Waals surface area contributed by atoms with Crippen LogP contribution in [0.1, 0.15) is 38.2 Å². The van der Waals surface area contributed by atoms with E-state index in [9.17, 15) is 8.42 Å². The lowest BCUT2D eigenvalue weighted by atomic mass is 10.1. The molecule has 1 aromatic carbocycles. The highest BCUT2D eigenvalue weighted by Gasteiger charge is 2.26. The van der Waals surface area contributed by atoms with E-state index in [1.165, 1.54) is 0 Å². The normalized spacial score (nSPS) is 21.8. The Labute approximate surface area is 126 Å². The summed E-state index contributed by atoms with van der Waals surface area (Å²) in [6.07, 6.45) is 3.25. The van der Waals surface area contributed by atoms with Crippen molar-refractivity contribution >= 4 is 10.0 Å². The van der Waals surface area contributed by atoms with Gasteiger partial charge in [-0.1, -0.05) is 24.8 Å². The zero-order valence-corrected chi connectivity index (χ0v) is 13.0. The van der Waals surface area contributed by atoms with Gasteiger partial charge in [-0.3, -0.25) is 0 Å². The first-order valence-electron chi connectivity index (χ1n) is 7.23. The van der Waals surface area contributed by atoms with E-state index >= 15 is 0 Å². The summed E-state index contributed by atoms with van der Waals surface area (Å²) in [7, 11) is -3.49. The monoisotopic (exact) mass is 307 g/mol. The van der Waals surface area contributed by atoms with Crippen molar-refractivity contribution in [3.05, 3.63) is 29.8 Å². The molecule has 0 spiro atoms. The number of aliphatic hydroxyl groups excluding tert-OH is 1. The maximum atomic E-state index is 12.4. The molecule has 1 aliphatic rings. The minimum absolute atomic E-state index is 0.00636. The van der Waals surface area contributed by atoms with Crippen LogP contribution in [0.25, 0.3) is 0 Å². The SMILES string of the molecule is CC1CCC(NS(=O)(=O)c2cccc(C#CCCO)c2)C1. The second-order valence-electron chi connectivity index (χ2n) is 5.54. The fraction of sp³-hybridized carbons (Fsp3) is 0.500. The number of hydrogen-bond acceptors (Lipinski definition) is 3. The van der Waals surface area contributed by atoms with Crippen molar-refractivity contribution in [3.63, 3.8) is 0 Å². The molecule has 2 atom stereocenters. The van der Waals surface area contributed by atoms with E-state index in [2.05, 4.69) is 23.5 Å². The highest BCUT2D eigenvalue weighted by atomic mass is 32.2. The molecule has 0 saturated heterocycles. The van der Waals surface area contributed by atoms with Gasteiger partial charge in [0.1, 0.15) is 0 Å². The Morgan fingerprint density at radius 2 is 2.19 bits per heavy atom. The molecule has 0 aromatic heterocycles. The van der Waals surface area contributed by atoms with Crippen LogP contribution in [0.4, 0.5) is 0 Å². The summed E-state index contributed by atoms with van der Waals surface area (Å²) in [4.78, 5) is 0.248. The molecule has 0 bridgehead atoms. The average Bonchev–Trinajstić information content (AvgIpc) is 2.84. The quantitative estimate of drug-likeness (QED) is 0.835. The molecule has 21 heavy (non-hydrogen) atoms. The number of aliphatic hydroxyl groups is 1. The van der Waals surface area contributed by atoms with E-state index in [0.29, 0.717) is 17.9 Å². The lowest BCUT2D eigenvalue weighted by Gasteiger charge is -2.13. The number of sulfonamides is 1. The lowest BCUT2D eigenvalue weighted by molar-refractivity contribution is 0.305. The topological polar surface area (TPSA) is 66.4 Å². The Balaban J connectivity index is 2.13. The zero-order valence-electron chi connectivity index (χ0n) is 12.2. The summed E-state index contributed by atoms with van der Waals surface area (Å²) < 4.78 is 27.5. The zero-order chi connectivity index (χ0) is 15.3. The van der Waals surface area contributed by atoms with E-state index < -0.39 is 10.0 Å². The van der Waals surface area contributed by atoms with Gasteiger partial charge in [0, 0.05) is 18.0 Å². The number of hydrogen-bond donors (Lipinski definition) is 2. The summed E-state index contributed by atoms with van der Waals surface area (Å²) >= 11 is 0. The number of nitrogens with one attached hydrogen (secondary N) is 1. The van der Waals surface area contributed by atoms with Crippen LogP contribution in [0.5, 0.6) is 0 Å². The van der Waals surface area contributed by atoms with Gasteiger partial charge in [-0.2, -0.15) is 0 Å². The van der Waals surface area contributed by atoms with Crippen molar-refractivity contribution in [1.29, 1.82) is 0 Å².